The van der Waals surface area contributed by atoms with Gasteiger partial charge in [0, 0.05) is 22.7 Å². The van der Waals surface area contributed by atoms with E-state index in [4.69, 9.17) is 21.1 Å². The highest BCUT2D eigenvalue weighted by molar-refractivity contribution is 9.10. The lowest BCUT2D eigenvalue weighted by atomic mass is 10.0. The largest absolute Gasteiger partial charge is 0.495 e. The number of methoxy groups -OCH3 is 2. The first kappa shape index (κ1) is 16.1. The third-order valence-electron chi connectivity index (χ3n) is 3.19. The molecule has 0 aliphatic carbocycles. The van der Waals surface area contributed by atoms with E-state index in [1.807, 2.05) is 31.3 Å². The molecule has 2 rings (SSSR count). The standard InChI is InChI=1S/C16H17BrClNO2/c1-19-9-10-4-5-11(13(18)8-10)12-6-7-14(20-2)15(17)16(12)21-3/h4-8,19H,9H2,1-3H3. The van der Waals surface area contributed by atoms with E-state index in [9.17, 15) is 0 Å². The third kappa shape index (κ3) is 3.34. The zero-order valence-electron chi connectivity index (χ0n) is 12.2. The molecule has 21 heavy (non-hydrogen) atoms. The van der Waals surface area contributed by atoms with Crippen molar-refractivity contribution in [3.63, 3.8) is 0 Å². The zero-order valence-corrected chi connectivity index (χ0v) is 14.5. The fraction of sp³-hybridized carbons (Fsp3) is 0.250. The molecule has 1 N–H and O–H groups in total. The van der Waals surface area contributed by atoms with Crippen LogP contribution in [0.5, 0.6) is 11.5 Å². The monoisotopic (exact) mass is 369 g/mol. The molecule has 112 valence electrons. The molecule has 2 aromatic rings. The Hall–Kier alpha value is -1.23. The molecule has 0 fully saturated rings. The van der Waals surface area contributed by atoms with Crippen LogP contribution >= 0.6 is 27.5 Å². The summed E-state index contributed by atoms with van der Waals surface area (Å²) in [5.74, 6) is 1.43. The minimum Gasteiger partial charge on any atom is -0.495 e. The first-order chi connectivity index (χ1) is 10.1. The molecular weight excluding hydrogens is 354 g/mol. The van der Waals surface area contributed by atoms with Crippen LogP contribution in [0.2, 0.25) is 5.02 Å². The highest BCUT2D eigenvalue weighted by atomic mass is 79.9. The molecule has 2 aromatic carbocycles. The van der Waals surface area contributed by atoms with Crippen molar-refractivity contribution in [3.8, 4) is 22.6 Å². The van der Waals surface area contributed by atoms with Crippen LogP contribution in [0, 0.1) is 0 Å². The van der Waals surface area contributed by atoms with Gasteiger partial charge in [-0.3, -0.25) is 0 Å². The van der Waals surface area contributed by atoms with Crippen LogP contribution in [0.15, 0.2) is 34.8 Å². The Morgan fingerprint density at radius 1 is 1.10 bits per heavy atom. The molecule has 5 heteroatoms. The predicted octanol–water partition coefficient (Wildman–Crippen LogP) is 4.51. The van der Waals surface area contributed by atoms with Gasteiger partial charge >= 0.3 is 0 Å². The lowest BCUT2D eigenvalue weighted by molar-refractivity contribution is 0.390. The first-order valence-electron chi connectivity index (χ1n) is 6.46. The lowest BCUT2D eigenvalue weighted by Gasteiger charge is -2.15. The minimum atomic E-state index is 0.693. The summed E-state index contributed by atoms with van der Waals surface area (Å²) in [6.45, 7) is 0.781. The molecule has 0 saturated carbocycles. The second-order valence-electron chi connectivity index (χ2n) is 4.51. The summed E-state index contributed by atoms with van der Waals surface area (Å²) >= 11 is 9.94. The molecular formula is C16H17BrClNO2. The number of nitrogens with one attached hydrogen (secondary N) is 1. The van der Waals surface area contributed by atoms with Gasteiger partial charge in [0.25, 0.3) is 0 Å². The van der Waals surface area contributed by atoms with Gasteiger partial charge in [-0.15, -0.1) is 0 Å². The summed E-state index contributed by atoms with van der Waals surface area (Å²) in [6, 6.07) is 9.85. The second kappa shape index (κ2) is 7.16. The number of ether oxygens (including phenoxy) is 2. The fourth-order valence-electron chi connectivity index (χ4n) is 2.20. The Morgan fingerprint density at radius 2 is 1.81 bits per heavy atom. The molecule has 0 radical (unpaired) electrons. The van der Waals surface area contributed by atoms with Gasteiger partial charge in [0.05, 0.1) is 14.2 Å². The van der Waals surface area contributed by atoms with E-state index < -0.39 is 0 Å². The van der Waals surface area contributed by atoms with Crippen molar-refractivity contribution in [1.29, 1.82) is 0 Å². The van der Waals surface area contributed by atoms with Gasteiger partial charge < -0.3 is 14.8 Å². The van der Waals surface area contributed by atoms with Crippen molar-refractivity contribution in [2.75, 3.05) is 21.3 Å². The van der Waals surface area contributed by atoms with Crippen LogP contribution in [0.4, 0.5) is 0 Å². The smallest absolute Gasteiger partial charge is 0.144 e. The van der Waals surface area contributed by atoms with E-state index in [2.05, 4.69) is 27.3 Å². The maximum Gasteiger partial charge on any atom is 0.144 e. The molecule has 0 heterocycles. The summed E-state index contributed by atoms with van der Waals surface area (Å²) in [5, 5.41) is 3.80. The summed E-state index contributed by atoms with van der Waals surface area (Å²) in [6.07, 6.45) is 0. The normalized spacial score (nSPS) is 10.5. The third-order valence-corrected chi connectivity index (χ3v) is 4.25. The summed E-state index contributed by atoms with van der Waals surface area (Å²) in [4.78, 5) is 0. The van der Waals surface area contributed by atoms with Crippen LogP contribution in [-0.2, 0) is 6.54 Å². The number of halogens is 2. The summed E-state index contributed by atoms with van der Waals surface area (Å²) in [7, 11) is 5.16. The van der Waals surface area contributed by atoms with Crippen molar-refractivity contribution >= 4 is 27.5 Å². The molecule has 0 spiro atoms. The Balaban J connectivity index is 2.54. The highest BCUT2D eigenvalue weighted by Gasteiger charge is 2.16. The number of hydrogen-bond acceptors (Lipinski definition) is 3. The highest BCUT2D eigenvalue weighted by Crippen LogP contribution is 2.43. The lowest BCUT2D eigenvalue weighted by Crippen LogP contribution is -2.04. The van der Waals surface area contributed by atoms with Crippen molar-refractivity contribution in [2.45, 2.75) is 6.54 Å². The van der Waals surface area contributed by atoms with Gasteiger partial charge in [0.15, 0.2) is 0 Å². The Kier molecular flexibility index (Phi) is 5.51. The second-order valence-corrected chi connectivity index (χ2v) is 5.71. The average molecular weight is 371 g/mol. The van der Waals surface area contributed by atoms with Gasteiger partial charge in [-0.2, -0.15) is 0 Å². The SMILES string of the molecule is CNCc1ccc(-c2ccc(OC)c(Br)c2OC)c(Cl)c1. The Morgan fingerprint density at radius 3 is 2.38 bits per heavy atom. The first-order valence-corrected chi connectivity index (χ1v) is 7.63. The van der Waals surface area contributed by atoms with E-state index in [-0.39, 0.29) is 0 Å². The van der Waals surface area contributed by atoms with Gasteiger partial charge in [-0.25, -0.2) is 0 Å². The molecule has 0 amide bonds. The van der Waals surface area contributed by atoms with Gasteiger partial charge in [0.2, 0.25) is 0 Å². The summed E-state index contributed by atoms with van der Waals surface area (Å²) in [5.41, 5.74) is 2.99. The maximum atomic E-state index is 6.42. The zero-order chi connectivity index (χ0) is 15.4. The van der Waals surface area contributed by atoms with Crippen LogP contribution in [0.25, 0.3) is 11.1 Å². The van der Waals surface area contributed by atoms with Crippen LogP contribution in [0.1, 0.15) is 5.56 Å². The van der Waals surface area contributed by atoms with E-state index >= 15 is 0 Å². The molecule has 0 aromatic heterocycles. The predicted molar refractivity (Wildman–Crippen MR) is 90.5 cm³/mol. The average Bonchev–Trinajstić information content (AvgIpc) is 2.47. The van der Waals surface area contributed by atoms with Crippen LogP contribution < -0.4 is 14.8 Å². The Bertz CT molecular complexity index is 646. The van der Waals surface area contributed by atoms with Crippen molar-refractivity contribution < 1.29 is 9.47 Å². The molecule has 0 aliphatic heterocycles. The molecule has 0 saturated heterocycles. The minimum absolute atomic E-state index is 0.693. The molecule has 0 bridgehead atoms. The maximum absolute atomic E-state index is 6.42. The summed E-state index contributed by atoms with van der Waals surface area (Å²) < 4.78 is 11.6. The molecule has 3 nitrogen and oxygen atoms in total. The Labute approximate surface area is 138 Å². The van der Waals surface area contributed by atoms with Gasteiger partial charge in [-0.05, 0) is 46.7 Å². The molecule has 0 aliphatic rings. The van der Waals surface area contributed by atoms with Crippen LogP contribution in [-0.4, -0.2) is 21.3 Å². The van der Waals surface area contributed by atoms with Gasteiger partial charge in [0.1, 0.15) is 16.0 Å². The number of benzene rings is 2. The van der Waals surface area contributed by atoms with E-state index in [1.165, 1.54) is 0 Å². The topological polar surface area (TPSA) is 30.5 Å². The number of rotatable bonds is 5. The van der Waals surface area contributed by atoms with E-state index in [0.717, 1.165) is 33.5 Å². The molecule has 0 unspecified atom stereocenters. The fourth-order valence-corrected chi connectivity index (χ4v) is 3.17. The number of hydrogen-bond donors (Lipinski definition) is 1. The molecule has 0 atom stereocenters. The van der Waals surface area contributed by atoms with Crippen LogP contribution in [0.3, 0.4) is 0 Å². The van der Waals surface area contributed by atoms with Crippen molar-refractivity contribution in [1.82, 2.24) is 5.32 Å². The van der Waals surface area contributed by atoms with Crippen molar-refractivity contribution in [2.24, 2.45) is 0 Å². The van der Waals surface area contributed by atoms with E-state index in [1.54, 1.807) is 14.2 Å². The van der Waals surface area contributed by atoms with Gasteiger partial charge in [-0.1, -0.05) is 23.7 Å². The quantitative estimate of drug-likeness (QED) is 0.840. The van der Waals surface area contributed by atoms with E-state index in [0.29, 0.717) is 10.8 Å². The van der Waals surface area contributed by atoms with Crippen molar-refractivity contribution in [3.05, 3.63) is 45.4 Å².